The number of rotatable bonds is 8. The molecule has 0 unspecified atom stereocenters. The molecule has 30 heavy (non-hydrogen) atoms. The minimum absolute atomic E-state index is 0.000209. The molecule has 0 aliphatic carbocycles. The highest BCUT2D eigenvalue weighted by Gasteiger charge is 2.34. The predicted molar refractivity (Wildman–Crippen MR) is 114 cm³/mol. The second-order valence-electron chi connectivity index (χ2n) is 7.55. The molecule has 1 aliphatic rings. The van der Waals surface area contributed by atoms with Crippen LogP contribution in [0.5, 0.6) is 5.75 Å². The third-order valence-electron chi connectivity index (χ3n) is 5.16. The molecule has 2 atom stereocenters. The summed E-state index contributed by atoms with van der Waals surface area (Å²) in [7, 11) is 0. The van der Waals surface area contributed by atoms with Crippen LogP contribution in [-0.2, 0) is 20.7 Å². The van der Waals surface area contributed by atoms with Crippen LogP contribution in [0, 0.1) is 0 Å². The summed E-state index contributed by atoms with van der Waals surface area (Å²) in [4.78, 5) is 38.0. The van der Waals surface area contributed by atoms with Gasteiger partial charge in [-0.15, -0.1) is 0 Å². The average Bonchev–Trinajstić information content (AvgIpc) is 3.06. The monoisotopic (exact) mass is 409 g/mol. The van der Waals surface area contributed by atoms with Crippen LogP contribution >= 0.6 is 0 Å². The summed E-state index contributed by atoms with van der Waals surface area (Å²) in [5.74, 6) is 0.00694. The van der Waals surface area contributed by atoms with E-state index in [1.165, 1.54) is 6.92 Å². The van der Waals surface area contributed by atoms with E-state index < -0.39 is 12.1 Å². The number of para-hydroxylation sites is 1. The summed E-state index contributed by atoms with van der Waals surface area (Å²) in [6.07, 6.45) is 0.589. The number of carbonyl (C=O) groups is 3. The molecular formula is C24H27NO5. The van der Waals surface area contributed by atoms with Crippen LogP contribution in [0.4, 0.5) is 5.69 Å². The van der Waals surface area contributed by atoms with Gasteiger partial charge in [-0.05, 0) is 69.5 Å². The first-order valence-corrected chi connectivity index (χ1v) is 10.2. The van der Waals surface area contributed by atoms with Gasteiger partial charge < -0.3 is 14.4 Å². The number of anilines is 1. The summed E-state index contributed by atoms with van der Waals surface area (Å²) < 4.78 is 10.9. The first kappa shape index (κ1) is 21.6. The van der Waals surface area contributed by atoms with Gasteiger partial charge in [-0.2, -0.15) is 0 Å². The maximum absolute atomic E-state index is 12.8. The zero-order valence-electron chi connectivity index (χ0n) is 17.6. The van der Waals surface area contributed by atoms with E-state index in [1.807, 2.05) is 31.2 Å². The van der Waals surface area contributed by atoms with Crippen molar-refractivity contribution in [2.24, 2.45) is 0 Å². The number of benzene rings is 2. The van der Waals surface area contributed by atoms with Crippen LogP contribution in [0.25, 0.3) is 0 Å². The lowest BCUT2D eigenvalue weighted by molar-refractivity contribution is -0.154. The Bertz CT molecular complexity index is 921. The fraction of sp³-hybridized carbons (Fsp3) is 0.375. The topological polar surface area (TPSA) is 72.9 Å². The van der Waals surface area contributed by atoms with Crippen LogP contribution in [-0.4, -0.2) is 36.4 Å². The van der Waals surface area contributed by atoms with Crippen molar-refractivity contribution >= 4 is 23.3 Å². The molecule has 0 saturated carbocycles. The zero-order valence-corrected chi connectivity index (χ0v) is 17.6. The van der Waals surface area contributed by atoms with E-state index in [1.54, 1.807) is 36.1 Å². The normalized spacial score (nSPS) is 16.0. The molecule has 0 radical (unpaired) electrons. The molecule has 0 N–H and O–H groups in total. The van der Waals surface area contributed by atoms with Crippen molar-refractivity contribution in [3.63, 3.8) is 0 Å². The molecule has 1 heterocycles. The molecule has 3 rings (SSSR count). The number of esters is 1. The molecule has 2 aromatic rings. The Labute approximate surface area is 176 Å². The highest BCUT2D eigenvalue weighted by Crippen LogP contribution is 2.32. The van der Waals surface area contributed by atoms with Crippen molar-refractivity contribution < 1.29 is 23.9 Å². The van der Waals surface area contributed by atoms with Crippen LogP contribution in [0.2, 0.25) is 0 Å². The predicted octanol–water partition coefficient (Wildman–Crippen LogP) is 3.96. The quantitative estimate of drug-likeness (QED) is 0.375. The smallest absolute Gasteiger partial charge is 0.306 e. The number of ketones is 1. The van der Waals surface area contributed by atoms with Crippen molar-refractivity contribution in [1.82, 2.24) is 0 Å². The van der Waals surface area contributed by atoms with E-state index in [2.05, 4.69) is 0 Å². The van der Waals surface area contributed by atoms with E-state index in [-0.39, 0.29) is 24.2 Å². The fourth-order valence-electron chi connectivity index (χ4n) is 3.60. The lowest BCUT2D eigenvalue weighted by atomic mass is 10.1. The lowest BCUT2D eigenvalue weighted by Gasteiger charge is -2.25. The molecular weight excluding hydrogens is 382 g/mol. The third kappa shape index (κ3) is 5.06. The zero-order chi connectivity index (χ0) is 21.7. The minimum Gasteiger partial charge on any atom is -0.494 e. The van der Waals surface area contributed by atoms with Crippen molar-refractivity contribution in [3.05, 3.63) is 59.7 Å². The Hall–Kier alpha value is -3.15. The second-order valence-corrected chi connectivity index (χ2v) is 7.55. The number of amides is 1. The number of hydrogen-bond acceptors (Lipinski definition) is 5. The Balaban J connectivity index is 1.43. The van der Waals surface area contributed by atoms with E-state index in [0.29, 0.717) is 24.3 Å². The van der Waals surface area contributed by atoms with Crippen molar-refractivity contribution in [2.75, 3.05) is 11.5 Å². The summed E-state index contributed by atoms with van der Waals surface area (Å²) >= 11 is 0. The van der Waals surface area contributed by atoms with Gasteiger partial charge in [0.1, 0.15) is 5.75 Å². The van der Waals surface area contributed by atoms with Crippen molar-refractivity contribution in [1.29, 1.82) is 0 Å². The molecule has 1 aliphatic heterocycles. The fourth-order valence-corrected chi connectivity index (χ4v) is 3.60. The largest absolute Gasteiger partial charge is 0.494 e. The molecule has 0 saturated heterocycles. The Kier molecular flexibility index (Phi) is 6.87. The van der Waals surface area contributed by atoms with Gasteiger partial charge in [0.05, 0.1) is 6.61 Å². The Morgan fingerprint density at radius 3 is 2.50 bits per heavy atom. The van der Waals surface area contributed by atoms with Gasteiger partial charge in [-0.3, -0.25) is 14.4 Å². The van der Waals surface area contributed by atoms with E-state index in [0.717, 1.165) is 17.7 Å². The molecule has 0 bridgehead atoms. The van der Waals surface area contributed by atoms with Gasteiger partial charge in [0.2, 0.25) is 0 Å². The third-order valence-corrected chi connectivity index (χ3v) is 5.16. The van der Waals surface area contributed by atoms with E-state index >= 15 is 0 Å². The number of fused-ring (bicyclic) bond motifs is 1. The van der Waals surface area contributed by atoms with Gasteiger partial charge in [0.25, 0.3) is 5.91 Å². The highest BCUT2D eigenvalue weighted by molar-refractivity contribution is 5.99. The first-order chi connectivity index (χ1) is 14.4. The van der Waals surface area contributed by atoms with E-state index in [9.17, 15) is 14.4 Å². The number of carbonyl (C=O) groups excluding carboxylic acids is 3. The molecule has 6 nitrogen and oxygen atoms in total. The SMILES string of the molecule is CC(=O)c1ccc(OCCCC(=O)O[C@H](C)C(=O)N2c3ccccc3C[C@H]2C)cc1. The Morgan fingerprint density at radius 2 is 1.80 bits per heavy atom. The minimum atomic E-state index is -0.842. The van der Waals surface area contributed by atoms with Gasteiger partial charge in [0.15, 0.2) is 11.9 Å². The second kappa shape index (κ2) is 9.57. The van der Waals surface area contributed by atoms with Crippen molar-refractivity contribution in [2.45, 2.75) is 52.2 Å². The summed E-state index contributed by atoms with van der Waals surface area (Å²) in [6.45, 7) is 5.46. The standard InChI is InChI=1S/C24H27NO5/c1-16-15-20-7-4-5-8-22(20)25(16)24(28)18(3)30-23(27)9-6-14-29-21-12-10-19(11-13-21)17(2)26/h4-5,7-8,10-13,16,18H,6,9,14-15H2,1-3H3/t16-,18-/m1/s1. The van der Waals surface area contributed by atoms with Crippen LogP contribution < -0.4 is 9.64 Å². The average molecular weight is 409 g/mol. The number of Topliss-reactive ketones (excluding diaryl/α,β-unsaturated/α-hetero) is 1. The Morgan fingerprint density at radius 1 is 1.10 bits per heavy atom. The van der Waals surface area contributed by atoms with Crippen molar-refractivity contribution in [3.8, 4) is 5.75 Å². The van der Waals surface area contributed by atoms with Crippen LogP contribution in [0.15, 0.2) is 48.5 Å². The highest BCUT2D eigenvalue weighted by atomic mass is 16.5. The van der Waals surface area contributed by atoms with Gasteiger partial charge in [-0.1, -0.05) is 18.2 Å². The molecule has 158 valence electrons. The van der Waals surface area contributed by atoms with E-state index in [4.69, 9.17) is 9.47 Å². The van der Waals surface area contributed by atoms with Gasteiger partial charge in [0, 0.05) is 23.7 Å². The van der Waals surface area contributed by atoms with Gasteiger partial charge in [-0.25, -0.2) is 0 Å². The molecule has 0 spiro atoms. The molecule has 1 amide bonds. The summed E-state index contributed by atoms with van der Waals surface area (Å²) in [6, 6.07) is 14.7. The van der Waals surface area contributed by atoms with Crippen LogP contribution in [0.1, 0.15) is 49.5 Å². The number of hydrogen-bond donors (Lipinski definition) is 0. The maximum atomic E-state index is 12.8. The number of nitrogens with zero attached hydrogens (tertiary/aromatic N) is 1. The first-order valence-electron chi connectivity index (χ1n) is 10.2. The molecule has 0 fully saturated rings. The molecule has 2 aromatic carbocycles. The van der Waals surface area contributed by atoms with Crippen LogP contribution in [0.3, 0.4) is 0 Å². The lowest BCUT2D eigenvalue weighted by Crippen LogP contribution is -2.43. The maximum Gasteiger partial charge on any atom is 0.306 e. The summed E-state index contributed by atoms with van der Waals surface area (Å²) in [5.41, 5.74) is 2.65. The number of ether oxygens (including phenoxy) is 2. The summed E-state index contributed by atoms with van der Waals surface area (Å²) in [5, 5.41) is 0. The molecule has 0 aromatic heterocycles. The molecule has 6 heteroatoms. The van der Waals surface area contributed by atoms with Gasteiger partial charge >= 0.3 is 5.97 Å².